The highest BCUT2D eigenvalue weighted by atomic mass is 16.5. The summed E-state index contributed by atoms with van der Waals surface area (Å²) in [7, 11) is 3.67. The molecule has 1 heterocycles. The van der Waals surface area contributed by atoms with E-state index in [1.807, 2.05) is 12.2 Å². The molecule has 4 heteroatoms. The summed E-state index contributed by atoms with van der Waals surface area (Å²) in [6, 6.07) is 6.57. The number of fused-ring (bicyclic) bond motifs is 1. The predicted molar refractivity (Wildman–Crippen MR) is 108 cm³/mol. The molecule has 2 aliphatic rings. The van der Waals surface area contributed by atoms with E-state index in [1.165, 1.54) is 44.3 Å². The van der Waals surface area contributed by atoms with Gasteiger partial charge in [0.15, 0.2) is 13.1 Å². The fourth-order valence-corrected chi connectivity index (χ4v) is 3.62. The van der Waals surface area contributed by atoms with Crippen LogP contribution in [0, 0.1) is 5.92 Å². The Balaban J connectivity index is 0.000000431. The van der Waals surface area contributed by atoms with Crippen LogP contribution in [0.2, 0.25) is 6.32 Å². The SMILES string of the molecule is CC1(C)C[B]c2ccc(/C=C/C(=O)C3CCCCC3)cc21.COC(C)=O. The van der Waals surface area contributed by atoms with E-state index in [0.717, 1.165) is 24.7 Å². The molecule has 1 aromatic carbocycles. The normalized spacial score (nSPS) is 18.5. The van der Waals surface area contributed by atoms with Crippen LogP contribution in [0.15, 0.2) is 24.3 Å². The van der Waals surface area contributed by atoms with Crippen LogP contribution < -0.4 is 5.46 Å². The third-order valence-electron chi connectivity index (χ3n) is 5.37. The van der Waals surface area contributed by atoms with Crippen molar-refractivity contribution in [2.75, 3.05) is 7.11 Å². The number of esters is 1. The lowest BCUT2D eigenvalue weighted by Gasteiger charge is -2.20. The number of hydrogen-bond donors (Lipinski definition) is 0. The Kier molecular flexibility index (Phi) is 7.25. The van der Waals surface area contributed by atoms with Crippen molar-refractivity contribution in [3.63, 3.8) is 0 Å². The van der Waals surface area contributed by atoms with E-state index < -0.39 is 0 Å². The number of methoxy groups -OCH3 is 1. The lowest BCUT2D eigenvalue weighted by atomic mass is 9.69. The Bertz CT molecular complexity index is 670. The number of carbonyl (C=O) groups excluding carboxylic acids is 2. The van der Waals surface area contributed by atoms with Crippen LogP contribution in [0.5, 0.6) is 0 Å². The molecule has 0 amide bonds. The Hall–Kier alpha value is -1.84. The molecule has 1 radical (unpaired) electrons. The Morgan fingerprint density at radius 1 is 1.19 bits per heavy atom. The summed E-state index contributed by atoms with van der Waals surface area (Å²) in [6.45, 7) is 5.94. The van der Waals surface area contributed by atoms with Crippen LogP contribution in [-0.2, 0) is 19.7 Å². The van der Waals surface area contributed by atoms with Crippen molar-refractivity contribution in [1.82, 2.24) is 0 Å². The summed E-state index contributed by atoms with van der Waals surface area (Å²) in [6.07, 6.45) is 10.8. The number of carbonyl (C=O) groups is 2. The van der Waals surface area contributed by atoms with Crippen LogP contribution in [0.25, 0.3) is 6.08 Å². The topological polar surface area (TPSA) is 43.4 Å². The molecule has 1 aliphatic heterocycles. The molecule has 0 aromatic heterocycles. The van der Waals surface area contributed by atoms with Crippen LogP contribution in [0.1, 0.15) is 64.0 Å². The summed E-state index contributed by atoms with van der Waals surface area (Å²) in [5.41, 5.74) is 4.15. The molecular formula is C22H30BO3. The van der Waals surface area contributed by atoms with Gasteiger partial charge in [0.2, 0.25) is 0 Å². The van der Waals surface area contributed by atoms with Gasteiger partial charge in [-0.25, -0.2) is 0 Å². The lowest BCUT2D eigenvalue weighted by Crippen LogP contribution is -2.16. The second-order valence-corrected chi connectivity index (χ2v) is 7.91. The number of ether oxygens (including phenoxy) is 1. The van der Waals surface area contributed by atoms with Gasteiger partial charge in [0.05, 0.1) is 7.11 Å². The number of ketones is 1. The molecule has 1 aromatic rings. The quantitative estimate of drug-likeness (QED) is 0.467. The number of benzene rings is 1. The van der Waals surface area contributed by atoms with Crippen LogP contribution in [0.4, 0.5) is 0 Å². The fourth-order valence-electron chi connectivity index (χ4n) is 3.62. The van der Waals surface area contributed by atoms with Crippen molar-refractivity contribution in [3.05, 3.63) is 35.4 Å². The highest BCUT2D eigenvalue weighted by Crippen LogP contribution is 2.31. The number of allylic oxidation sites excluding steroid dienone is 1. The molecule has 0 saturated heterocycles. The van der Waals surface area contributed by atoms with Crippen LogP contribution in [0.3, 0.4) is 0 Å². The minimum Gasteiger partial charge on any atom is -0.469 e. The van der Waals surface area contributed by atoms with Crippen molar-refractivity contribution >= 4 is 30.6 Å². The fraction of sp³-hybridized carbons (Fsp3) is 0.545. The van der Waals surface area contributed by atoms with Crippen molar-refractivity contribution in [2.24, 2.45) is 5.92 Å². The maximum absolute atomic E-state index is 12.2. The molecule has 3 nitrogen and oxygen atoms in total. The molecule has 3 rings (SSSR count). The number of hydrogen-bond acceptors (Lipinski definition) is 3. The van der Waals surface area contributed by atoms with Gasteiger partial charge in [0.1, 0.15) is 0 Å². The highest BCUT2D eigenvalue weighted by molar-refractivity contribution is 6.56. The Labute approximate surface area is 158 Å². The van der Waals surface area contributed by atoms with Crippen LogP contribution in [-0.4, -0.2) is 26.1 Å². The lowest BCUT2D eigenvalue weighted by molar-refractivity contribution is -0.137. The van der Waals surface area contributed by atoms with E-state index in [1.54, 1.807) is 0 Å². The smallest absolute Gasteiger partial charge is 0.302 e. The number of rotatable bonds is 3. The van der Waals surface area contributed by atoms with Gasteiger partial charge in [-0.2, -0.15) is 0 Å². The molecule has 1 saturated carbocycles. The summed E-state index contributed by atoms with van der Waals surface area (Å²) in [5, 5.41) is 0. The van der Waals surface area contributed by atoms with Crippen LogP contribution >= 0.6 is 0 Å². The van der Waals surface area contributed by atoms with E-state index in [2.05, 4.69) is 44.1 Å². The zero-order valence-corrected chi connectivity index (χ0v) is 16.5. The van der Waals surface area contributed by atoms with Gasteiger partial charge in [-0.3, -0.25) is 9.59 Å². The van der Waals surface area contributed by atoms with Crippen molar-refractivity contribution in [1.29, 1.82) is 0 Å². The molecule has 0 spiro atoms. The first-order chi connectivity index (χ1) is 12.3. The van der Waals surface area contributed by atoms with Gasteiger partial charge >= 0.3 is 5.97 Å². The minimum absolute atomic E-state index is 0.229. The highest BCUT2D eigenvalue weighted by Gasteiger charge is 2.29. The van der Waals surface area contributed by atoms with Gasteiger partial charge in [0.25, 0.3) is 0 Å². The Morgan fingerprint density at radius 3 is 2.46 bits per heavy atom. The average molecular weight is 353 g/mol. The monoisotopic (exact) mass is 353 g/mol. The zero-order valence-electron chi connectivity index (χ0n) is 16.5. The Morgan fingerprint density at radius 2 is 1.85 bits per heavy atom. The van der Waals surface area contributed by atoms with Crippen molar-refractivity contribution in [3.8, 4) is 0 Å². The van der Waals surface area contributed by atoms with E-state index >= 15 is 0 Å². The summed E-state index contributed by atoms with van der Waals surface area (Å²) >= 11 is 0. The summed E-state index contributed by atoms with van der Waals surface area (Å²) < 4.78 is 4.11. The molecular weight excluding hydrogens is 323 g/mol. The first kappa shape index (κ1) is 20.5. The summed E-state index contributed by atoms with van der Waals surface area (Å²) in [5.74, 6) is 0.347. The molecule has 0 atom stereocenters. The molecule has 0 bridgehead atoms. The van der Waals surface area contributed by atoms with Gasteiger partial charge in [-0.05, 0) is 35.5 Å². The maximum atomic E-state index is 12.2. The molecule has 139 valence electrons. The van der Waals surface area contributed by atoms with Gasteiger partial charge in [-0.1, -0.05) is 69.2 Å². The molecule has 1 aliphatic carbocycles. The molecule has 26 heavy (non-hydrogen) atoms. The minimum atomic E-state index is -0.245. The second-order valence-electron chi connectivity index (χ2n) is 7.91. The van der Waals surface area contributed by atoms with E-state index in [4.69, 9.17) is 0 Å². The molecule has 0 N–H and O–H groups in total. The van der Waals surface area contributed by atoms with E-state index in [9.17, 15) is 9.59 Å². The van der Waals surface area contributed by atoms with E-state index in [-0.39, 0.29) is 17.3 Å². The molecule has 1 fully saturated rings. The van der Waals surface area contributed by atoms with Gasteiger partial charge in [-0.15, -0.1) is 0 Å². The summed E-state index contributed by atoms with van der Waals surface area (Å²) in [4.78, 5) is 21.8. The van der Waals surface area contributed by atoms with Gasteiger partial charge < -0.3 is 4.74 Å². The zero-order chi connectivity index (χ0) is 19.2. The first-order valence-electron chi connectivity index (χ1n) is 9.57. The largest absolute Gasteiger partial charge is 0.469 e. The van der Waals surface area contributed by atoms with Gasteiger partial charge in [0, 0.05) is 12.8 Å². The van der Waals surface area contributed by atoms with Crippen molar-refractivity contribution in [2.45, 2.75) is 64.6 Å². The predicted octanol–water partition coefficient (Wildman–Crippen LogP) is 4.07. The van der Waals surface area contributed by atoms with Crippen molar-refractivity contribution < 1.29 is 14.3 Å². The average Bonchev–Trinajstić information content (AvgIpc) is 2.95. The standard InChI is InChI=1S/C19H24BO.C3H6O2/c1-19(2)13-20-17-10-8-14(12-16(17)19)9-11-18(21)15-6-4-3-5-7-15;1-3(4)5-2/h8-12,15H,3-7,13H2,1-2H3;1-2H3/b11-9+;. The third-order valence-corrected chi connectivity index (χ3v) is 5.37. The second kappa shape index (κ2) is 9.20. The van der Waals surface area contributed by atoms with E-state index in [0.29, 0.717) is 5.78 Å². The molecule has 0 unspecified atom stereocenters. The first-order valence-corrected chi connectivity index (χ1v) is 9.57. The third kappa shape index (κ3) is 5.58. The maximum Gasteiger partial charge on any atom is 0.302 e.